The maximum atomic E-state index is 11.2. The number of aliphatic carboxylic acids is 1. The number of thiophene rings is 1. The largest absolute Gasteiger partial charge is 0.480 e. The first kappa shape index (κ1) is 11.3. The Hall–Kier alpha value is -0.780. The van der Waals surface area contributed by atoms with Crippen molar-refractivity contribution in [1.29, 1.82) is 0 Å². The van der Waals surface area contributed by atoms with E-state index in [9.17, 15) is 9.59 Å². The van der Waals surface area contributed by atoms with E-state index in [0.717, 1.165) is 11.3 Å². The molecule has 0 saturated heterocycles. The highest BCUT2D eigenvalue weighted by atomic mass is 35.5. The lowest BCUT2D eigenvalue weighted by Crippen LogP contribution is -2.28. The molecule has 0 radical (unpaired) electrons. The molecule has 0 bridgehead atoms. The molecular formula is C7H5Cl2NO3S. The summed E-state index contributed by atoms with van der Waals surface area (Å²) in [6, 6.07) is 1.39. The van der Waals surface area contributed by atoms with E-state index in [0.29, 0.717) is 9.21 Å². The Bertz CT molecular complexity index is 358. The van der Waals surface area contributed by atoms with E-state index >= 15 is 0 Å². The highest BCUT2D eigenvalue weighted by Gasteiger charge is 2.12. The van der Waals surface area contributed by atoms with Gasteiger partial charge in [-0.3, -0.25) is 9.59 Å². The maximum absolute atomic E-state index is 11.2. The summed E-state index contributed by atoms with van der Waals surface area (Å²) in [4.78, 5) is 21.7. The Balaban J connectivity index is 2.65. The number of hydrogen-bond acceptors (Lipinski definition) is 3. The molecule has 4 nitrogen and oxygen atoms in total. The molecule has 0 unspecified atom stereocenters. The predicted octanol–water partition coefficient (Wildman–Crippen LogP) is 1.87. The second kappa shape index (κ2) is 4.63. The van der Waals surface area contributed by atoms with Crippen LogP contribution in [0.5, 0.6) is 0 Å². The first-order valence-corrected chi connectivity index (χ1v) is 5.02. The van der Waals surface area contributed by atoms with Crippen molar-refractivity contribution in [1.82, 2.24) is 5.32 Å². The zero-order valence-corrected chi connectivity index (χ0v) is 9.04. The van der Waals surface area contributed by atoms with Crippen molar-refractivity contribution in [3.8, 4) is 0 Å². The fraction of sp³-hybridized carbons (Fsp3) is 0.143. The molecule has 0 spiro atoms. The van der Waals surface area contributed by atoms with Crippen LogP contribution in [0, 0.1) is 0 Å². The van der Waals surface area contributed by atoms with Gasteiger partial charge in [0.1, 0.15) is 10.9 Å². The van der Waals surface area contributed by atoms with Crippen LogP contribution in [0.15, 0.2) is 6.07 Å². The summed E-state index contributed by atoms with van der Waals surface area (Å²) in [6.07, 6.45) is 0. The summed E-state index contributed by atoms with van der Waals surface area (Å²) in [7, 11) is 0. The highest BCUT2D eigenvalue weighted by molar-refractivity contribution is 7.18. The van der Waals surface area contributed by atoms with Gasteiger partial charge in [-0.2, -0.15) is 0 Å². The third kappa shape index (κ3) is 2.87. The van der Waals surface area contributed by atoms with E-state index in [1.165, 1.54) is 6.07 Å². The van der Waals surface area contributed by atoms with Gasteiger partial charge in [0.05, 0.1) is 9.90 Å². The number of carboxylic acids is 1. The van der Waals surface area contributed by atoms with Crippen LogP contribution >= 0.6 is 34.5 Å². The molecule has 0 aliphatic carbocycles. The van der Waals surface area contributed by atoms with Gasteiger partial charge in [-0.25, -0.2) is 0 Å². The maximum Gasteiger partial charge on any atom is 0.322 e. The van der Waals surface area contributed by atoms with Crippen molar-refractivity contribution in [3.05, 3.63) is 20.3 Å². The molecule has 1 rings (SSSR count). The average Bonchev–Trinajstić information content (AvgIpc) is 2.43. The molecule has 14 heavy (non-hydrogen) atoms. The number of carbonyl (C=O) groups excluding carboxylic acids is 1. The van der Waals surface area contributed by atoms with Gasteiger partial charge < -0.3 is 10.4 Å². The minimum absolute atomic E-state index is 0.289. The number of carboxylic acid groups (broad SMARTS) is 1. The van der Waals surface area contributed by atoms with Crippen LogP contribution in [0.4, 0.5) is 0 Å². The topological polar surface area (TPSA) is 66.4 Å². The van der Waals surface area contributed by atoms with Crippen molar-refractivity contribution < 1.29 is 14.7 Å². The number of rotatable bonds is 3. The lowest BCUT2D eigenvalue weighted by Gasteiger charge is -1.97. The van der Waals surface area contributed by atoms with E-state index in [-0.39, 0.29) is 5.02 Å². The van der Waals surface area contributed by atoms with Crippen molar-refractivity contribution in [2.24, 2.45) is 0 Å². The van der Waals surface area contributed by atoms with Crippen LogP contribution in [-0.4, -0.2) is 23.5 Å². The Morgan fingerprint density at radius 3 is 2.57 bits per heavy atom. The number of hydrogen-bond donors (Lipinski definition) is 2. The van der Waals surface area contributed by atoms with Crippen LogP contribution in [0.2, 0.25) is 9.36 Å². The molecule has 0 aliphatic heterocycles. The quantitative estimate of drug-likeness (QED) is 0.865. The van der Waals surface area contributed by atoms with Crippen LogP contribution in [0.1, 0.15) is 9.67 Å². The van der Waals surface area contributed by atoms with E-state index in [4.69, 9.17) is 28.3 Å². The molecule has 0 fully saturated rings. The van der Waals surface area contributed by atoms with Gasteiger partial charge in [-0.05, 0) is 6.07 Å². The van der Waals surface area contributed by atoms with Crippen molar-refractivity contribution in [2.45, 2.75) is 0 Å². The third-order valence-corrected chi connectivity index (χ3v) is 3.13. The molecule has 1 aromatic heterocycles. The molecule has 1 aromatic rings. The molecule has 1 heterocycles. The summed E-state index contributed by atoms with van der Waals surface area (Å²) >= 11 is 12.2. The second-order valence-corrected chi connectivity index (χ2v) is 4.37. The lowest BCUT2D eigenvalue weighted by molar-refractivity contribution is -0.135. The predicted molar refractivity (Wildman–Crippen MR) is 54.3 cm³/mol. The van der Waals surface area contributed by atoms with Gasteiger partial charge in [-0.15, -0.1) is 11.3 Å². The Morgan fingerprint density at radius 2 is 2.14 bits per heavy atom. The number of nitrogens with one attached hydrogen (secondary N) is 1. The van der Waals surface area contributed by atoms with Crippen molar-refractivity contribution in [2.75, 3.05) is 6.54 Å². The minimum Gasteiger partial charge on any atom is -0.480 e. The van der Waals surface area contributed by atoms with Crippen LogP contribution in [-0.2, 0) is 4.79 Å². The average molecular weight is 254 g/mol. The summed E-state index contributed by atoms with van der Waals surface area (Å²) in [5.41, 5.74) is 0. The van der Waals surface area contributed by atoms with Crippen molar-refractivity contribution >= 4 is 46.4 Å². The Labute approximate surface area is 93.4 Å². The van der Waals surface area contributed by atoms with Gasteiger partial charge in [0.25, 0.3) is 5.91 Å². The van der Waals surface area contributed by atoms with Gasteiger partial charge >= 0.3 is 5.97 Å². The van der Waals surface area contributed by atoms with E-state index in [1.54, 1.807) is 0 Å². The summed E-state index contributed by atoms with van der Waals surface area (Å²) in [5.74, 6) is -1.60. The Kier molecular flexibility index (Phi) is 3.74. The summed E-state index contributed by atoms with van der Waals surface area (Å²) < 4.78 is 0.312. The zero-order valence-electron chi connectivity index (χ0n) is 6.71. The van der Waals surface area contributed by atoms with E-state index in [1.807, 2.05) is 0 Å². The second-order valence-electron chi connectivity index (χ2n) is 2.31. The molecule has 0 aliphatic rings. The molecule has 0 atom stereocenters. The smallest absolute Gasteiger partial charge is 0.322 e. The fourth-order valence-corrected chi connectivity index (χ4v) is 1.99. The van der Waals surface area contributed by atoms with E-state index < -0.39 is 18.4 Å². The molecule has 7 heteroatoms. The first-order chi connectivity index (χ1) is 6.50. The number of halogens is 2. The fourth-order valence-electron chi connectivity index (χ4n) is 0.701. The highest BCUT2D eigenvalue weighted by Crippen LogP contribution is 2.31. The summed E-state index contributed by atoms with van der Waals surface area (Å²) in [5, 5.41) is 10.8. The minimum atomic E-state index is -1.10. The SMILES string of the molecule is O=C(O)CNC(=O)c1cc(Cl)c(Cl)s1. The molecule has 0 saturated carbocycles. The van der Waals surface area contributed by atoms with Gasteiger partial charge in [0, 0.05) is 0 Å². The van der Waals surface area contributed by atoms with Crippen molar-refractivity contribution in [3.63, 3.8) is 0 Å². The van der Waals surface area contributed by atoms with E-state index in [2.05, 4.69) is 5.32 Å². The normalized spacial score (nSPS) is 9.86. The molecular weight excluding hydrogens is 249 g/mol. The van der Waals surface area contributed by atoms with Gasteiger partial charge in [0.15, 0.2) is 0 Å². The number of carbonyl (C=O) groups is 2. The molecule has 2 N–H and O–H groups in total. The lowest BCUT2D eigenvalue weighted by atomic mass is 10.4. The van der Waals surface area contributed by atoms with Crippen LogP contribution < -0.4 is 5.32 Å². The standard InChI is InChI=1S/C7H5Cl2NO3S/c8-3-1-4(14-6(3)9)7(13)10-2-5(11)12/h1H,2H2,(H,10,13)(H,11,12). The van der Waals surface area contributed by atoms with Gasteiger partial charge in [-0.1, -0.05) is 23.2 Å². The molecule has 1 amide bonds. The van der Waals surface area contributed by atoms with Crippen LogP contribution in [0.25, 0.3) is 0 Å². The molecule has 0 aromatic carbocycles. The zero-order chi connectivity index (χ0) is 10.7. The van der Waals surface area contributed by atoms with Gasteiger partial charge in [0.2, 0.25) is 0 Å². The van der Waals surface area contributed by atoms with Crippen LogP contribution in [0.3, 0.4) is 0 Å². The monoisotopic (exact) mass is 253 g/mol. The first-order valence-electron chi connectivity index (χ1n) is 3.45. The summed E-state index contributed by atoms with van der Waals surface area (Å²) in [6.45, 7) is -0.425. The third-order valence-electron chi connectivity index (χ3n) is 1.27. The molecule has 76 valence electrons. The Morgan fingerprint density at radius 1 is 1.50 bits per heavy atom. The number of amides is 1.